The summed E-state index contributed by atoms with van der Waals surface area (Å²) < 4.78 is 5.48. The van der Waals surface area contributed by atoms with Gasteiger partial charge in [0.05, 0.1) is 0 Å². The molecule has 3 rings (SSSR count). The Balaban J connectivity index is 1.47. The van der Waals surface area contributed by atoms with Gasteiger partial charge in [0.1, 0.15) is 0 Å². The largest absolute Gasteiger partial charge is 0.381 e. The second-order valence-electron chi connectivity index (χ2n) is 8.03. The Kier molecular flexibility index (Phi) is 5.97. The number of carbonyl (C=O) groups is 1. The number of piperidine rings is 1. The molecule has 132 valence electrons. The zero-order valence-corrected chi connectivity index (χ0v) is 15.0. The van der Waals surface area contributed by atoms with Gasteiger partial charge in [-0.1, -0.05) is 19.8 Å². The fourth-order valence-electron chi connectivity index (χ4n) is 4.81. The van der Waals surface area contributed by atoms with Gasteiger partial charge in [-0.2, -0.15) is 0 Å². The summed E-state index contributed by atoms with van der Waals surface area (Å²) in [6.45, 7) is 6.43. The molecule has 3 aliphatic rings. The first-order valence-electron chi connectivity index (χ1n) is 9.73. The molecule has 0 bridgehead atoms. The van der Waals surface area contributed by atoms with E-state index in [1.807, 2.05) is 0 Å². The van der Waals surface area contributed by atoms with Crippen LogP contribution in [0.1, 0.15) is 58.3 Å². The van der Waals surface area contributed by atoms with Gasteiger partial charge >= 0.3 is 0 Å². The molecular weight excluding hydrogens is 288 g/mol. The standard InChI is InChI=1S/C19H34N2O2/c1-15-4-3-5-16(14-15)19(22)20(2)17-6-10-21(11-7-17)18-8-12-23-13-9-18/h15-18H,3-14H2,1-2H3/t15-,16+/m1/s1. The molecule has 2 aliphatic heterocycles. The summed E-state index contributed by atoms with van der Waals surface area (Å²) in [6.07, 6.45) is 9.38. The van der Waals surface area contributed by atoms with E-state index in [1.54, 1.807) is 0 Å². The van der Waals surface area contributed by atoms with Crippen LogP contribution in [-0.4, -0.2) is 61.1 Å². The van der Waals surface area contributed by atoms with Gasteiger partial charge in [-0.3, -0.25) is 4.79 Å². The third kappa shape index (κ3) is 4.27. The first-order chi connectivity index (χ1) is 11.1. The van der Waals surface area contributed by atoms with Crippen LogP contribution in [0.2, 0.25) is 0 Å². The van der Waals surface area contributed by atoms with Crippen molar-refractivity contribution >= 4 is 5.91 Å². The molecule has 1 saturated carbocycles. The molecular formula is C19H34N2O2. The van der Waals surface area contributed by atoms with Gasteiger partial charge < -0.3 is 14.5 Å². The van der Waals surface area contributed by atoms with Crippen molar-refractivity contribution in [2.24, 2.45) is 11.8 Å². The minimum absolute atomic E-state index is 0.289. The van der Waals surface area contributed by atoms with Crippen LogP contribution >= 0.6 is 0 Å². The topological polar surface area (TPSA) is 32.8 Å². The van der Waals surface area contributed by atoms with Crippen molar-refractivity contribution < 1.29 is 9.53 Å². The molecule has 0 N–H and O–H groups in total. The number of ether oxygens (including phenoxy) is 1. The molecule has 3 fully saturated rings. The highest BCUT2D eigenvalue weighted by Crippen LogP contribution is 2.31. The van der Waals surface area contributed by atoms with Crippen LogP contribution in [0.3, 0.4) is 0 Å². The van der Waals surface area contributed by atoms with Crippen molar-refractivity contribution in [1.29, 1.82) is 0 Å². The summed E-state index contributed by atoms with van der Waals surface area (Å²) in [4.78, 5) is 17.6. The molecule has 0 spiro atoms. The summed E-state index contributed by atoms with van der Waals surface area (Å²) in [6, 6.07) is 1.17. The van der Waals surface area contributed by atoms with Crippen molar-refractivity contribution in [2.45, 2.75) is 70.4 Å². The number of likely N-dealkylation sites (tertiary alicyclic amines) is 1. The monoisotopic (exact) mass is 322 g/mol. The third-order valence-corrected chi connectivity index (χ3v) is 6.39. The van der Waals surface area contributed by atoms with Gasteiger partial charge in [0.25, 0.3) is 0 Å². The summed E-state index contributed by atoms with van der Waals surface area (Å²) in [5, 5.41) is 0. The number of amides is 1. The van der Waals surface area contributed by atoms with Gasteiger partial charge in [0.15, 0.2) is 0 Å². The van der Waals surface area contributed by atoms with Crippen LogP contribution in [0, 0.1) is 11.8 Å². The zero-order valence-electron chi connectivity index (χ0n) is 15.0. The van der Waals surface area contributed by atoms with Gasteiger partial charge in [0, 0.05) is 51.4 Å². The molecule has 4 nitrogen and oxygen atoms in total. The fraction of sp³-hybridized carbons (Fsp3) is 0.947. The lowest BCUT2D eigenvalue weighted by molar-refractivity contribution is -0.139. The van der Waals surface area contributed by atoms with Crippen molar-refractivity contribution in [1.82, 2.24) is 9.80 Å². The van der Waals surface area contributed by atoms with Crippen molar-refractivity contribution in [2.75, 3.05) is 33.4 Å². The maximum Gasteiger partial charge on any atom is 0.225 e. The van der Waals surface area contributed by atoms with Crippen LogP contribution in [0.5, 0.6) is 0 Å². The van der Waals surface area contributed by atoms with E-state index >= 15 is 0 Å². The SMILES string of the molecule is C[C@@H]1CCC[C@H](C(=O)N(C)C2CCN(C3CCOCC3)CC2)C1. The smallest absolute Gasteiger partial charge is 0.225 e. The van der Waals surface area contributed by atoms with Crippen LogP contribution in [0.4, 0.5) is 0 Å². The van der Waals surface area contributed by atoms with Crippen LogP contribution in [-0.2, 0) is 9.53 Å². The molecule has 4 heteroatoms. The lowest BCUT2D eigenvalue weighted by atomic mass is 9.81. The Hall–Kier alpha value is -0.610. The maximum absolute atomic E-state index is 12.8. The highest BCUT2D eigenvalue weighted by atomic mass is 16.5. The Morgan fingerprint density at radius 1 is 1.04 bits per heavy atom. The molecule has 2 atom stereocenters. The first-order valence-corrected chi connectivity index (χ1v) is 9.73. The molecule has 0 aromatic rings. The van der Waals surface area contributed by atoms with Crippen LogP contribution < -0.4 is 0 Å². The van der Waals surface area contributed by atoms with Crippen LogP contribution in [0.25, 0.3) is 0 Å². The highest BCUT2D eigenvalue weighted by Gasteiger charge is 2.33. The van der Waals surface area contributed by atoms with E-state index in [2.05, 4.69) is 23.8 Å². The Morgan fingerprint density at radius 2 is 1.74 bits per heavy atom. The average Bonchev–Trinajstić information content (AvgIpc) is 2.61. The summed E-state index contributed by atoms with van der Waals surface area (Å²) in [5.41, 5.74) is 0. The first kappa shape index (κ1) is 17.2. The lowest BCUT2D eigenvalue weighted by Gasteiger charge is -2.42. The van der Waals surface area contributed by atoms with E-state index in [0.717, 1.165) is 57.9 Å². The van der Waals surface area contributed by atoms with Gasteiger partial charge in [-0.15, -0.1) is 0 Å². The number of carbonyl (C=O) groups excluding carboxylic acids is 1. The van der Waals surface area contributed by atoms with Crippen molar-refractivity contribution in [3.63, 3.8) is 0 Å². The van der Waals surface area contributed by atoms with E-state index in [9.17, 15) is 4.79 Å². The zero-order chi connectivity index (χ0) is 16.2. The minimum atomic E-state index is 0.289. The quantitative estimate of drug-likeness (QED) is 0.801. The predicted molar refractivity (Wildman–Crippen MR) is 92.3 cm³/mol. The normalized spacial score (nSPS) is 31.9. The molecule has 1 amide bonds. The maximum atomic E-state index is 12.8. The van der Waals surface area contributed by atoms with Crippen molar-refractivity contribution in [3.05, 3.63) is 0 Å². The molecule has 0 aromatic carbocycles. The number of hydrogen-bond donors (Lipinski definition) is 0. The average molecular weight is 322 g/mol. The molecule has 0 unspecified atom stereocenters. The van der Waals surface area contributed by atoms with E-state index in [-0.39, 0.29) is 5.92 Å². The van der Waals surface area contributed by atoms with Gasteiger partial charge in [-0.25, -0.2) is 0 Å². The number of hydrogen-bond acceptors (Lipinski definition) is 3. The molecule has 2 saturated heterocycles. The highest BCUT2D eigenvalue weighted by molar-refractivity contribution is 5.79. The predicted octanol–water partition coefficient (Wildman–Crippen LogP) is 2.91. The van der Waals surface area contributed by atoms with E-state index < -0.39 is 0 Å². The van der Waals surface area contributed by atoms with E-state index in [4.69, 9.17) is 4.74 Å². The third-order valence-electron chi connectivity index (χ3n) is 6.39. The number of rotatable bonds is 3. The molecule has 23 heavy (non-hydrogen) atoms. The Bertz CT molecular complexity index is 387. The Labute approximate surface area is 141 Å². The van der Waals surface area contributed by atoms with Gasteiger partial charge in [-0.05, 0) is 44.4 Å². The van der Waals surface area contributed by atoms with Crippen LogP contribution in [0.15, 0.2) is 0 Å². The fourth-order valence-corrected chi connectivity index (χ4v) is 4.81. The summed E-state index contributed by atoms with van der Waals surface area (Å²) in [5.74, 6) is 1.43. The molecule has 0 aromatic heterocycles. The minimum Gasteiger partial charge on any atom is -0.381 e. The van der Waals surface area contributed by atoms with Gasteiger partial charge in [0.2, 0.25) is 5.91 Å². The number of nitrogens with zero attached hydrogens (tertiary/aromatic N) is 2. The second kappa shape index (κ2) is 7.98. The second-order valence-corrected chi connectivity index (χ2v) is 8.03. The molecule has 0 radical (unpaired) electrons. The molecule has 1 aliphatic carbocycles. The van der Waals surface area contributed by atoms with E-state index in [0.29, 0.717) is 18.0 Å². The lowest BCUT2D eigenvalue weighted by Crippen LogP contribution is -2.50. The Morgan fingerprint density at radius 3 is 2.39 bits per heavy atom. The molecule has 2 heterocycles. The van der Waals surface area contributed by atoms with Crippen molar-refractivity contribution in [3.8, 4) is 0 Å². The summed E-state index contributed by atoms with van der Waals surface area (Å²) >= 11 is 0. The summed E-state index contributed by atoms with van der Waals surface area (Å²) in [7, 11) is 2.05. The van der Waals surface area contributed by atoms with E-state index in [1.165, 1.54) is 25.7 Å².